The number of benzene rings is 1. The van der Waals surface area contributed by atoms with Gasteiger partial charge in [-0.2, -0.15) is 0 Å². The van der Waals surface area contributed by atoms with E-state index in [2.05, 4.69) is 19.2 Å². The average Bonchev–Trinajstić information content (AvgIpc) is 2.69. The molecule has 1 aliphatic rings. The summed E-state index contributed by atoms with van der Waals surface area (Å²) in [6.45, 7) is 4.53. The molecule has 0 aliphatic heterocycles. The summed E-state index contributed by atoms with van der Waals surface area (Å²) < 4.78 is 5.27. The lowest BCUT2D eigenvalue weighted by Gasteiger charge is -2.18. The van der Waals surface area contributed by atoms with E-state index in [0.717, 1.165) is 24.2 Å². The molecule has 1 atom stereocenters. The van der Waals surface area contributed by atoms with Crippen LogP contribution >= 0.6 is 0 Å². The number of carbonyl (C=O) groups excluding carboxylic acids is 1. The van der Waals surface area contributed by atoms with Gasteiger partial charge >= 0.3 is 0 Å². The van der Waals surface area contributed by atoms with Gasteiger partial charge in [-0.3, -0.25) is 4.79 Å². The molecule has 19 heavy (non-hydrogen) atoms. The molecule has 2 rings (SSSR count). The molecule has 1 aliphatic carbocycles. The van der Waals surface area contributed by atoms with E-state index >= 15 is 0 Å². The Balaban J connectivity index is 1.91. The van der Waals surface area contributed by atoms with Crippen molar-refractivity contribution in [1.82, 2.24) is 5.32 Å². The Kier molecular flexibility index (Phi) is 4.13. The van der Waals surface area contributed by atoms with E-state index in [-0.39, 0.29) is 5.91 Å². The van der Waals surface area contributed by atoms with E-state index < -0.39 is 0 Å². The minimum Gasteiger partial charge on any atom is -0.496 e. The van der Waals surface area contributed by atoms with Crippen molar-refractivity contribution in [2.75, 3.05) is 7.11 Å². The molecule has 0 radical (unpaired) electrons. The molecule has 104 valence electrons. The van der Waals surface area contributed by atoms with Crippen LogP contribution < -0.4 is 10.1 Å². The van der Waals surface area contributed by atoms with E-state index in [1.807, 2.05) is 24.3 Å². The Morgan fingerprint density at radius 3 is 2.79 bits per heavy atom. The number of methoxy groups -OCH3 is 1. The van der Waals surface area contributed by atoms with E-state index in [4.69, 9.17) is 4.74 Å². The zero-order valence-corrected chi connectivity index (χ0v) is 12.0. The summed E-state index contributed by atoms with van der Waals surface area (Å²) in [6, 6.07) is 8.01. The number of hydrogen-bond acceptors (Lipinski definition) is 2. The molecular formula is C16H23NO2. The van der Waals surface area contributed by atoms with Gasteiger partial charge in [0.15, 0.2) is 0 Å². The van der Waals surface area contributed by atoms with Crippen LogP contribution in [-0.2, 0) is 11.2 Å². The molecule has 1 fully saturated rings. The summed E-state index contributed by atoms with van der Waals surface area (Å²) in [5.41, 5.74) is 1.31. The van der Waals surface area contributed by atoms with E-state index in [1.165, 1.54) is 6.42 Å². The number of para-hydroxylation sites is 1. The Morgan fingerprint density at radius 2 is 2.16 bits per heavy atom. The zero-order valence-electron chi connectivity index (χ0n) is 12.0. The summed E-state index contributed by atoms with van der Waals surface area (Å²) in [5.74, 6) is 0.872. The highest BCUT2D eigenvalue weighted by Gasteiger charge is 2.31. The molecule has 1 unspecified atom stereocenters. The molecule has 1 amide bonds. The van der Waals surface area contributed by atoms with Crippen LogP contribution in [0, 0.1) is 5.41 Å². The van der Waals surface area contributed by atoms with E-state index in [1.54, 1.807) is 7.11 Å². The highest BCUT2D eigenvalue weighted by Crippen LogP contribution is 2.36. The number of nitrogens with one attached hydrogen (secondary N) is 1. The van der Waals surface area contributed by atoms with Crippen LogP contribution in [0.25, 0.3) is 0 Å². The maximum Gasteiger partial charge on any atom is 0.224 e. The topological polar surface area (TPSA) is 38.3 Å². The van der Waals surface area contributed by atoms with Gasteiger partial charge in [0.2, 0.25) is 5.91 Å². The van der Waals surface area contributed by atoms with E-state index in [0.29, 0.717) is 17.9 Å². The summed E-state index contributed by atoms with van der Waals surface area (Å²) in [6.07, 6.45) is 3.74. The maximum absolute atomic E-state index is 12.1. The SMILES string of the molecule is COc1ccccc1CC(=O)NC1CCC(C)(C)C1. The van der Waals surface area contributed by atoms with Gasteiger partial charge in [0.05, 0.1) is 13.5 Å². The van der Waals surface area contributed by atoms with E-state index in [9.17, 15) is 4.79 Å². The monoisotopic (exact) mass is 261 g/mol. The highest BCUT2D eigenvalue weighted by molar-refractivity contribution is 5.79. The van der Waals surface area contributed by atoms with Crippen LogP contribution in [0.5, 0.6) is 5.75 Å². The lowest BCUT2D eigenvalue weighted by atomic mass is 9.92. The van der Waals surface area contributed by atoms with Crippen LogP contribution in [0.1, 0.15) is 38.7 Å². The van der Waals surface area contributed by atoms with Gasteiger partial charge in [-0.25, -0.2) is 0 Å². The van der Waals surface area contributed by atoms with Crippen molar-refractivity contribution >= 4 is 5.91 Å². The molecule has 1 aromatic rings. The van der Waals surface area contributed by atoms with Crippen molar-refractivity contribution in [1.29, 1.82) is 0 Å². The third kappa shape index (κ3) is 3.72. The third-order valence-corrected chi connectivity index (χ3v) is 3.88. The lowest BCUT2D eigenvalue weighted by Crippen LogP contribution is -2.34. The molecule has 0 spiro atoms. The summed E-state index contributed by atoms with van der Waals surface area (Å²) >= 11 is 0. The second-order valence-electron chi connectivity index (χ2n) is 6.16. The van der Waals surface area contributed by atoms with Gasteiger partial charge in [0.1, 0.15) is 5.75 Å². The van der Waals surface area contributed by atoms with Crippen LogP contribution in [0.15, 0.2) is 24.3 Å². The molecule has 3 nitrogen and oxygen atoms in total. The van der Waals surface area contributed by atoms with Gasteiger partial charge in [-0.1, -0.05) is 32.0 Å². The largest absolute Gasteiger partial charge is 0.496 e. The molecular weight excluding hydrogens is 238 g/mol. The second kappa shape index (κ2) is 5.64. The van der Waals surface area contributed by atoms with Crippen molar-refractivity contribution in [3.05, 3.63) is 29.8 Å². The Labute approximate surface area is 115 Å². The predicted molar refractivity (Wildman–Crippen MR) is 76.3 cm³/mol. The standard InChI is InChI=1S/C16H23NO2/c1-16(2)9-8-13(11-16)17-15(18)10-12-6-4-5-7-14(12)19-3/h4-7,13H,8-11H2,1-3H3,(H,17,18). The van der Waals surface area contributed by atoms with Crippen LogP contribution in [0.4, 0.5) is 0 Å². The highest BCUT2D eigenvalue weighted by atomic mass is 16.5. The van der Waals surface area contributed by atoms with Crippen molar-refractivity contribution in [2.45, 2.75) is 45.6 Å². The van der Waals surface area contributed by atoms with Gasteiger partial charge in [0.25, 0.3) is 0 Å². The smallest absolute Gasteiger partial charge is 0.224 e. The molecule has 1 aromatic carbocycles. The van der Waals surface area contributed by atoms with Gasteiger partial charge in [0, 0.05) is 11.6 Å². The third-order valence-electron chi connectivity index (χ3n) is 3.88. The minimum absolute atomic E-state index is 0.0900. The first-order chi connectivity index (χ1) is 9.00. The zero-order chi connectivity index (χ0) is 13.9. The van der Waals surface area contributed by atoms with Crippen molar-refractivity contribution in [3.8, 4) is 5.75 Å². The first kappa shape index (κ1) is 13.9. The Hall–Kier alpha value is -1.51. The fourth-order valence-corrected chi connectivity index (χ4v) is 2.86. The summed E-state index contributed by atoms with van der Waals surface area (Å²) in [7, 11) is 1.64. The predicted octanol–water partition coefficient (Wildman–Crippen LogP) is 2.93. The Morgan fingerprint density at radius 1 is 1.42 bits per heavy atom. The molecule has 0 saturated heterocycles. The summed E-state index contributed by atoms with van der Waals surface area (Å²) in [5, 5.41) is 3.14. The first-order valence-corrected chi connectivity index (χ1v) is 6.91. The Bertz CT molecular complexity index is 454. The van der Waals surface area contributed by atoms with Crippen LogP contribution in [0.2, 0.25) is 0 Å². The fourth-order valence-electron chi connectivity index (χ4n) is 2.86. The van der Waals surface area contributed by atoms with Crippen LogP contribution in [0.3, 0.4) is 0 Å². The molecule has 1 N–H and O–H groups in total. The quantitative estimate of drug-likeness (QED) is 0.905. The number of amides is 1. The lowest BCUT2D eigenvalue weighted by molar-refractivity contribution is -0.121. The number of hydrogen-bond donors (Lipinski definition) is 1. The molecule has 1 saturated carbocycles. The first-order valence-electron chi connectivity index (χ1n) is 6.91. The number of carbonyl (C=O) groups is 1. The van der Waals surface area contributed by atoms with Crippen LogP contribution in [-0.4, -0.2) is 19.1 Å². The van der Waals surface area contributed by atoms with Crippen molar-refractivity contribution in [3.63, 3.8) is 0 Å². The van der Waals surface area contributed by atoms with Gasteiger partial charge in [-0.05, 0) is 30.7 Å². The number of rotatable bonds is 4. The second-order valence-corrected chi connectivity index (χ2v) is 6.16. The van der Waals surface area contributed by atoms with Gasteiger partial charge in [-0.15, -0.1) is 0 Å². The van der Waals surface area contributed by atoms with Crippen molar-refractivity contribution < 1.29 is 9.53 Å². The molecule has 0 bridgehead atoms. The average molecular weight is 261 g/mol. The van der Waals surface area contributed by atoms with Gasteiger partial charge < -0.3 is 10.1 Å². The van der Waals surface area contributed by atoms with Crippen molar-refractivity contribution in [2.24, 2.45) is 5.41 Å². The fraction of sp³-hybridized carbons (Fsp3) is 0.562. The summed E-state index contributed by atoms with van der Waals surface area (Å²) in [4.78, 5) is 12.1. The maximum atomic E-state index is 12.1. The molecule has 0 heterocycles. The normalized spacial score (nSPS) is 21.1. The molecule has 0 aromatic heterocycles. The number of ether oxygens (including phenoxy) is 1. The minimum atomic E-state index is 0.0900. The molecule has 3 heteroatoms.